The number of hydrogen-bond donors (Lipinski definition) is 1. The van der Waals surface area contributed by atoms with E-state index in [2.05, 4.69) is 35.8 Å². The van der Waals surface area contributed by atoms with Crippen LogP contribution in [0.1, 0.15) is 55.4 Å². The predicted molar refractivity (Wildman–Crippen MR) is 82.0 cm³/mol. The van der Waals surface area contributed by atoms with Crippen LogP contribution in [0.25, 0.3) is 0 Å². The number of nitrogens with zero attached hydrogens (tertiary/aromatic N) is 1. The summed E-state index contributed by atoms with van der Waals surface area (Å²) in [6, 6.07) is 4.39. The zero-order chi connectivity index (χ0) is 14.3. The van der Waals surface area contributed by atoms with E-state index in [0.717, 1.165) is 39.9 Å². The predicted octanol–water partition coefficient (Wildman–Crippen LogP) is 4.96. The Morgan fingerprint density at radius 1 is 1.37 bits per heavy atom. The summed E-state index contributed by atoms with van der Waals surface area (Å²) in [7, 11) is 0. The Morgan fingerprint density at radius 3 is 2.37 bits per heavy atom. The quantitative estimate of drug-likeness (QED) is 0.825. The average Bonchev–Trinajstić information content (AvgIpc) is 2.70. The Bertz CT molecular complexity index is 485. The van der Waals surface area contributed by atoms with Crippen LogP contribution in [0.15, 0.2) is 10.5 Å². The number of halogens is 1. The van der Waals surface area contributed by atoms with E-state index in [-0.39, 0.29) is 0 Å². The minimum Gasteiger partial charge on any atom is -0.386 e. The molecule has 4 heteroatoms. The van der Waals surface area contributed by atoms with Crippen molar-refractivity contribution in [1.82, 2.24) is 0 Å². The lowest BCUT2D eigenvalue weighted by Gasteiger charge is -2.41. The van der Waals surface area contributed by atoms with Gasteiger partial charge in [0.05, 0.1) is 11.5 Å². The first-order valence-corrected chi connectivity index (χ1v) is 8.26. The summed E-state index contributed by atoms with van der Waals surface area (Å²) in [4.78, 5) is 2.06. The lowest BCUT2D eigenvalue weighted by atomic mass is 9.63. The van der Waals surface area contributed by atoms with Gasteiger partial charge in [-0.2, -0.15) is 5.26 Å². The van der Waals surface area contributed by atoms with Gasteiger partial charge in [-0.3, -0.25) is 0 Å². The summed E-state index contributed by atoms with van der Waals surface area (Å²) >= 11 is 5.06. The second kappa shape index (κ2) is 5.20. The number of nitriles is 1. The van der Waals surface area contributed by atoms with Crippen molar-refractivity contribution < 1.29 is 5.11 Å². The molecule has 104 valence electrons. The van der Waals surface area contributed by atoms with Gasteiger partial charge < -0.3 is 5.11 Å². The molecule has 1 fully saturated rings. The molecule has 2 rings (SSSR count). The monoisotopic (exact) mass is 341 g/mol. The van der Waals surface area contributed by atoms with Crippen molar-refractivity contribution in [3.05, 3.63) is 20.3 Å². The summed E-state index contributed by atoms with van der Waals surface area (Å²) in [6.45, 7) is 6.51. The third-order valence-corrected chi connectivity index (χ3v) is 6.58. The zero-order valence-electron chi connectivity index (χ0n) is 11.7. The first kappa shape index (κ1) is 15.0. The van der Waals surface area contributed by atoms with Gasteiger partial charge in [0.1, 0.15) is 6.10 Å². The number of hydrogen-bond acceptors (Lipinski definition) is 3. The van der Waals surface area contributed by atoms with Gasteiger partial charge >= 0.3 is 0 Å². The van der Waals surface area contributed by atoms with Gasteiger partial charge in [-0.1, -0.05) is 13.8 Å². The van der Waals surface area contributed by atoms with Crippen molar-refractivity contribution >= 4 is 27.3 Å². The van der Waals surface area contributed by atoms with E-state index in [1.165, 1.54) is 0 Å². The van der Waals surface area contributed by atoms with Crippen LogP contribution in [0.2, 0.25) is 0 Å². The highest BCUT2D eigenvalue weighted by molar-refractivity contribution is 9.10. The first-order valence-electron chi connectivity index (χ1n) is 6.65. The lowest BCUT2D eigenvalue weighted by molar-refractivity contribution is 0.0117. The SMILES string of the molecule is Cc1sc(C(O)C2(C#N)CCC(C)(C)CC2)cc1Br. The Balaban J connectivity index is 2.25. The molecular formula is C15H20BrNOS. The summed E-state index contributed by atoms with van der Waals surface area (Å²) in [5, 5.41) is 20.3. The van der Waals surface area contributed by atoms with Crippen molar-refractivity contribution in [2.45, 2.75) is 52.6 Å². The molecule has 0 amide bonds. The van der Waals surface area contributed by atoms with E-state index in [1.807, 2.05) is 13.0 Å². The van der Waals surface area contributed by atoms with Crippen LogP contribution in [0.5, 0.6) is 0 Å². The smallest absolute Gasteiger partial charge is 0.107 e. The fourth-order valence-corrected chi connectivity index (χ4v) is 4.37. The molecule has 1 heterocycles. The maximum atomic E-state index is 10.7. The van der Waals surface area contributed by atoms with Crippen LogP contribution >= 0.6 is 27.3 Å². The molecule has 2 nitrogen and oxygen atoms in total. The van der Waals surface area contributed by atoms with Crippen molar-refractivity contribution in [3.63, 3.8) is 0 Å². The number of aliphatic hydroxyl groups is 1. The summed E-state index contributed by atoms with van der Waals surface area (Å²) < 4.78 is 1.02. The number of rotatable bonds is 2. The highest BCUT2D eigenvalue weighted by Crippen LogP contribution is 2.52. The molecule has 1 N–H and O–H groups in total. The largest absolute Gasteiger partial charge is 0.386 e. The number of aliphatic hydroxyl groups excluding tert-OH is 1. The molecule has 1 aliphatic rings. The van der Waals surface area contributed by atoms with Crippen molar-refractivity contribution in [1.29, 1.82) is 5.26 Å². The molecule has 1 saturated carbocycles. The molecule has 1 aromatic rings. The molecule has 19 heavy (non-hydrogen) atoms. The van der Waals surface area contributed by atoms with Gasteiger partial charge in [-0.15, -0.1) is 11.3 Å². The minimum absolute atomic E-state index is 0.298. The van der Waals surface area contributed by atoms with Crippen molar-refractivity contribution in [2.24, 2.45) is 10.8 Å². The highest BCUT2D eigenvalue weighted by Gasteiger charge is 2.45. The second-order valence-corrected chi connectivity index (χ2v) is 8.53. The average molecular weight is 342 g/mol. The van der Waals surface area contributed by atoms with Gasteiger partial charge in [-0.25, -0.2) is 0 Å². The van der Waals surface area contributed by atoms with Crippen LogP contribution in [-0.2, 0) is 0 Å². The molecule has 1 atom stereocenters. The molecule has 1 unspecified atom stereocenters. The van der Waals surface area contributed by atoms with Gasteiger partial charge in [0.15, 0.2) is 0 Å². The standard InChI is InChI=1S/C15H20BrNOS/c1-10-11(16)8-12(19-10)13(18)15(9-17)6-4-14(2,3)5-7-15/h8,13,18H,4-7H2,1-3H3. The van der Waals surface area contributed by atoms with E-state index in [1.54, 1.807) is 11.3 Å². The number of thiophene rings is 1. The van der Waals surface area contributed by atoms with Gasteiger partial charge in [0.2, 0.25) is 0 Å². The third-order valence-electron chi connectivity index (χ3n) is 4.39. The Kier molecular flexibility index (Phi) is 4.11. The molecule has 0 radical (unpaired) electrons. The summed E-state index contributed by atoms with van der Waals surface area (Å²) in [5.41, 5.74) is -0.307. The van der Waals surface area contributed by atoms with E-state index in [9.17, 15) is 10.4 Å². The van der Waals surface area contributed by atoms with Gasteiger partial charge in [0.25, 0.3) is 0 Å². The fourth-order valence-electron chi connectivity index (χ4n) is 2.71. The van der Waals surface area contributed by atoms with E-state index in [4.69, 9.17) is 0 Å². The van der Waals surface area contributed by atoms with Crippen LogP contribution in [-0.4, -0.2) is 5.11 Å². The van der Waals surface area contributed by atoms with E-state index < -0.39 is 11.5 Å². The van der Waals surface area contributed by atoms with Crippen LogP contribution in [0, 0.1) is 29.1 Å². The molecule has 0 aliphatic heterocycles. The van der Waals surface area contributed by atoms with Crippen molar-refractivity contribution in [2.75, 3.05) is 0 Å². The van der Waals surface area contributed by atoms with Crippen molar-refractivity contribution in [3.8, 4) is 6.07 Å². The summed E-state index contributed by atoms with van der Waals surface area (Å²) in [6.07, 6.45) is 2.91. The van der Waals surface area contributed by atoms with Gasteiger partial charge in [0, 0.05) is 14.2 Å². The highest BCUT2D eigenvalue weighted by atomic mass is 79.9. The Labute approximate surface area is 127 Å². The van der Waals surface area contributed by atoms with E-state index >= 15 is 0 Å². The molecule has 1 aromatic heterocycles. The Hall–Kier alpha value is -0.370. The molecule has 1 aliphatic carbocycles. The zero-order valence-corrected chi connectivity index (χ0v) is 14.1. The molecule has 0 saturated heterocycles. The van der Waals surface area contributed by atoms with Crippen LogP contribution < -0.4 is 0 Å². The molecule has 0 spiro atoms. The lowest BCUT2D eigenvalue weighted by Crippen LogP contribution is -2.34. The maximum Gasteiger partial charge on any atom is 0.107 e. The Morgan fingerprint density at radius 2 is 1.95 bits per heavy atom. The molecular weight excluding hydrogens is 322 g/mol. The topological polar surface area (TPSA) is 44.0 Å². The normalized spacial score (nSPS) is 22.7. The fraction of sp³-hybridized carbons (Fsp3) is 0.667. The second-order valence-electron chi connectivity index (χ2n) is 6.39. The van der Waals surface area contributed by atoms with E-state index in [0.29, 0.717) is 5.41 Å². The summed E-state index contributed by atoms with van der Waals surface area (Å²) in [5.74, 6) is 0. The first-order chi connectivity index (χ1) is 8.80. The number of aryl methyl sites for hydroxylation is 1. The van der Waals surface area contributed by atoms with Crippen LogP contribution in [0.3, 0.4) is 0 Å². The van der Waals surface area contributed by atoms with Gasteiger partial charge in [-0.05, 0) is 60.0 Å². The third kappa shape index (κ3) is 2.89. The molecule has 0 bridgehead atoms. The molecule has 0 aromatic carbocycles. The van der Waals surface area contributed by atoms with Crippen LogP contribution in [0.4, 0.5) is 0 Å². The minimum atomic E-state index is -0.663. The maximum absolute atomic E-state index is 10.7.